The second-order valence-corrected chi connectivity index (χ2v) is 5.40. The first kappa shape index (κ1) is 36.7. The molecule has 12 heteroatoms. The molecule has 33 heavy (non-hydrogen) atoms. The number of carbonyl (C=O) groups is 3. The van der Waals surface area contributed by atoms with Gasteiger partial charge in [-0.05, 0) is 18.2 Å². The van der Waals surface area contributed by atoms with Crippen molar-refractivity contribution in [3.63, 3.8) is 0 Å². The third-order valence-corrected chi connectivity index (χ3v) is 3.35. The van der Waals surface area contributed by atoms with Gasteiger partial charge in [0.15, 0.2) is 0 Å². The van der Waals surface area contributed by atoms with Crippen molar-refractivity contribution >= 4 is 17.9 Å². The number of aromatic carboxylic acids is 3. The van der Waals surface area contributed by atoms with Gasteiger partial charge in [0.2, 0.25) is 0 Å². The Morgan fingerprint density at radius 2 is 0.667 bits per heavy atom. The Kier molecular flexibility index (Phi) is 21.6. The van der Waals surface area contributed by atoms with Gasteiger partial charge >= 0.3 is 128 Å². The van der Waals surface area contributed by atoms with Crippen molar-refractivity contribution in [2.24, 2.45) is 0 Å². The van der Waals surface area contributed by atoms with Crippen LogP contribution in [0.4, 0.5) is 0 Å². The van der Waals surface area contributed by atoms with Crippen molar-refractivity contribution < 1.29 is 156 Å². The van der Waals surface area contributed by atoms with Gasteiger partial charge < -0.3 is 30.6 Å². The molecule has 0 heterocycles. The van der Waals surface area contributed by atoms with Crippen LogP contribution in [0.1, 0.15) is 31.1 Å². The van der Waals surface area contributed by atoms with Gasteiger partial charge in [-0.15, -0.1) is 0 Å². The summed E-state index contributed by atoms with van der Waals surface area (Å²) in [6.07, 6.45) is 0. The molecule has 0 bridgehead atoms. The molecular formula is C21H15KNa2O9. The maximum atomic E-state index is 10.7. The number of carboxylic acid groups (broad SMARTS) is 3. The van der Waals surface area contributed by atoms with Crippen LogP contribution in [0.25, 0.3) is 0 Å². The Morgan fingerprint density at radius 3 is 0.788 bits per heavy atom. The fourth-order valence-corrected chi connectivity index (χ4v) is 1.93. The molecule has 156 valence electrons. The monoisotopic (exact) mass is 496 g/mol. The van der Waals surface area contributed by atoms with Crippen molar-refractivity contribution in [2.45, 2.75) is 0 Å². The summed E-state index contributed by atoms with van der Waals surface area (Å²) in [7, 11) is 0. The summed E-state index contributed by atoms with van der Waals surface area (Å²) in [5.74, 6) is -4.87. The van der Waals surface area contributed by atoms with E-state index in [0.29, 0.717) is 0 Å². The molecule has 0 atom stereocenters. The maximum Gasteiger partial charge on any atom is 1.00 e. The van der Waals surface area contributed by atoms with Crippen molar-refractivity contribution in [1.82, 2.24) is 0 Å². The normalized spacial score (nSPS) is 8.36. The maximum absolute atomic E-state index is 10.7. The number of carboxylic acids is 3. The predicted molar refractivity (Wildman–Crippen MR) is 98.5 cm³/mol. The first-order chi connectivity index (χ1) is 14.1. The molecule has 3 N–H and O–H groups in total. The van der Waals surface area contributed by atoms with Gasteiger partial charge in [-0.1, -0.05) is 71.8 Å². The van der Waals surface area contributed by atoms with E-state index < -0.39 is 35.2 Å². The van der Waals surface area contributed by atoms with E-state index in [4.69, 9.17) is 15.3 Å². The molecule has 3 rings (SSSR count). The first-order valence-electron chi connectivity index (χ1n) is 8.13. The molecule has 0 saturated heterocycles. The first-order valence-corrected chi connectivity index (χ1v) is 8.13. The Balaban J connectivity index is -0.000000391. The fraction of sp³-hybridized carbons (Fsp3) is 0. The molecule has 0 aliphatic carbocycles. The second-order valence-electron chi connectivity index (χ2n) is 5.40. The molecule has 0 amide bonds. The van der Waals surface area contributed by atoms with Crippen LogP contribution in [0.3, 0.4) is 0 Å². The average molecular weight is 496 g/mol. The molecular weight excluding hydrogens is 481 g/mol. The van der Waals surface area contributed by atoms with Gasteiger partial charge in [0.05, 0.1) is 16.7 Å². The van der Waals surface area contributed by atoms with Crippen LogP contribution in [0, 0.1) is 0 Å². The number of para-hydroxylation sites is 3. The number of rotatable bonds is 3. The summed E-state index contributed by atoms with van der Waals surface area (Å²) >= 11 is 0. The average Bonchev–Trinajstić information content (AvgIpc) is 2.69. The van der Waals surface area contributed by atoms with Crippen molar-refractivity contribution in [2.75, 3.05) is 0 Å². The van der Waals surface area contributed by atoms with Gasteiger partial charge in [-0.3, -0.25) is 0 Å². The van der Waals surface area contributed by atoms with E-state index in [1.807, 2.05) is 0 Å². The summed E-state index contributed by atoms with van der Waals surface area (Å²) in [6, 6.07) is 16.6. The Morgan fingerprint density at radius 1 is 0.485 bits per heavy atom. The van der Waals surface area contributed by atoms with Gasteiger partial charge in [0, 0.05) is 0 Å². The molecule has 3 aromatic rings. The standard InChI is InChI=1S/3C7H6O3.K.2Na/c3*8-6-4-2-1-3-5(6)7(9)10;;;/h3*1-4,8H,(H,9,10);;;/q;;;3*+1/p-3. The molecule has 0 aromatic heterocycles. The summed E-state index contributed by atoms with van der Waals surface area (Å²) in [6.45, 7) is 0. The van der Waals surface area contributed by atoms with E-state index in [-0.39, 0.29) is 127 Å². The van der Waals surface area contributed by atoms with Crippen LogP contribution in [-0.2, 0) is 0 Å². The van der Waals surface area contributed by atoms with Crippen LogP contribution >= 0.6 is 0 Å². The smallest absolute Gasteiger partial charge is 0.872 e. The zero-order chi connectivity index (χ0) is 22.7. The van der Waals surface area contributed by atoms with E-state index in [1.165, 1.54) is 72.8 Å². The topological polar surface area (TPSA) is 181 Å². The predicted octanol–water partition coefficient (Wildman–Crippen LogP) is -7.61. The van der Waals surface area contributed by atoms with Crippen LogP contribution in [-0.4, -0.2) is 33.2 Å². The molecule has 0 radical (unpaired) electrons. The van der Waals surface area contributed by atoms with E-state index in [0.717, 1.165) is 0 Å². The van der Waals surface area contributed by atoms with Crippen LogP contribution in [0.2, 0.25) is 0 Å². The van der Waals surface area contributed by atoms with Crippen molar-refractivity contribution in [3.05, 3.63) is 89.5 Å². The largest absolute Gasteiger partial charge is 1.00 e. The quantitative estimate of drug-likeness (QED) is 0.297. The second kappa shape index (κ2) is 19.4. The number of hydrogen-bond acceptors (Lipinski definition) is 6. The minimum Gasteiger partial charge on any atom is -0.872 e. The minimum absolute atomic E-state index is 0. The molecule has 0 fully saturated rings. The van der Waals surface area contributed by atoms with Gasteiger partial charge in [-0.2, -0.15) is 0 Å². The third kappa shape index (κ3) is 13.5. The Bertz CT molecular complexity index is 914. The molecule has 3 aromatic carbocycles. The molecule has 0 aliphatic heterocycles. The molecule has 0 saturated carbocycles. The van der Waals surface area contributed by atoms with Crippen LogP contribution in [0.5, 0.6) is 17.2 Å². The number of hydrogen-bond donors (Lipinski definition) is 3. The molecule has 9 nitrogen and oxygen atoms in total. The Labute approximate surface area is 276 Å². The van der Waals surface area contributed by atoms with Crippen LogP contribution < -0.4 is 126 Å². The third-order valence-electron chi connectivity index (χ3n) is 3.35. The van der Waals surface area contributed by atoms with E-state index >= 15 is 0 Å². The van der Waals surface area contributed by atoms with Crippen molar-refractivity contribution in [3.8, 4) is 17.2 Å². The fourth-order valence-electron chi connectivity index (χ4n) is 1.93. The summed E-state index contributed by atoms with van der Waals surface area (Å²) in [4.78, 5) is 30.7. The molecule has 0 aliphatic rings. The molecule has 0 spiro atoms. The van der Waals surface area contributed by atoms with E-state index in [2.05, 4.69) is 0 Å². The van der Waals surface area contributed by atoms with Gasteiger partial charge in [0.1, 0.15) is 0 Å². The zero-order valence-electron chi connectivity index (χ0n) is 18.2. The Hall–Kier alpha value is -0.894. The minimum atomic E-state index is -1.18. The van der Waals surface area contributed by atoms with Gasteiger partial charge in [-0.25, -0.2) is 14.4 Å². The molecule has 0 unspecified atom stereocenters. The summed E-state index contributed by atoms with van der Waals surface area (Å²) < 4.78 is 0. The van der Waals surface area contributed by atoms with E-state index in [9.17, 15) is 29.7 Å². The SMILES string of the molecule is O=C(O)c1ccccc1[O-].O=C(O)c1ccccc1[O-].O=C(O)c1ccccc1[O-].[K+].[Na+].[Na+]. The summed E-state index contributed by atoms with van der Waals surface area (Å²) in [5.41, 5.74) is -0.535. The number of benzene rings is 3. The van der Waals surface area contributed by atoms with Crippen LogP contribution in [0.15, 0.2) is 72.8 Å². The van der Waals surface area contributed by atoms with E-state index in [1.54, 1.807) is 0 Å². The summed E-state index contributed by atoms with van der Waals surface area (Å²) in [5, 5.41) is 57.1. The van der Waals surface area contributed by atoms with Crippen molar-refractivity contribution in [1.29, 1.82) is 0 Å². The van der Waals surface area contributed by atoms with Gasteiger partial charge in [0.25, 0.3) is 0 Å². The zero-order valence-corrected chi connectivity index (χ0v) is 25.3.